The second kappa shape index (κ2) is 3.48. The SMILES string of the molecule is CC12CC3CC(C1)CC(N1CCNCC1)(C3)C2. The molecule has 96 valence electrons. The van der Waals surface area contributed by atoms with E-state index in [0.717, 1.165) is 11.8 Å². The Balaban J connectivity index is 1.64. The molecule has 2 nitrogen and oxygen atoms in total. The highest BCUT2D eigenvalue weighted by Crippen LogP contribution is 2.63. The van der Waals surface area contributed by atoms with E-state index >= 15 is 0 Å². The molecule has 5 fully saturated rings. The maximum absolute atomic E-state index is 3.51. The Labute approximate surface area is 105 Å². The maximum atomic E-state index is 3.51. The van der Waals surface area contributed by atoms with E-state index in [-0.39, 0.29) is 0 Å². The lowest BCUT2D eigenvalue weighted by molar-refractivity contribution is -0.128. The summed E-state index contributed by atoms with van der Waals surface area (Å²) in [5.74, 6) is 2.13. The van der Waals surface area contributed by atoms with Gasteiger partial charge in [0.25, 0.3) is 0 Å². The molecule has 0 radical (unpaired) electrons. The molecule has 0 spiro atoms. The second-order valence-corrected chi connectivity index (χ2v) is 7.73. The summed E-state index contributed by atoms with van der Waals surface area (Å²) < 4.78 is 0. The summed E-state index contributed by atoms with van der Waals surface area (Å²) in [4.78, 5) is 2.87. The summed E-state index contributed by atoms with van der Waals surface area (Å²) in [7, 11) is 0. The van der Waals surface area contributed by atoms with Gasteiger partial charge in [-0.05, 0) is 55.8 Å². The van der Waals surface area contributed by atoms with Crippen molar-refractivity contribution in [3.05, 3.63) is 0 Å². The van der Waals surface area contributed by atoms with Crippen molar-refractivity contribution in [3.63, 3.8) is 0 Å². The van der Waals surface area contributed by atoms with Crippen molar-refractivity contribution in [2.45, 2.75) is 51.0 Å². The highest BCUT2D eigenvalue weighted by Gasteiger charge is 2.57. The molecular formula is C15H26N2. The Kier molecular flexibility index (Phi) is 2.21. The molecule has 1 saturated heterocycles. The molecule has 1 heterocycles. The monoisotopic (exact) mass is 234 g/mol. The quantitative estimate of drug-likeness (QED) is 0.748. The zero-order chi connectivity index (χ0) is 11.5. The van der Waals surface area contributed by atoms with Crippen LogP contribution in [0.5, 0.6) is 0 Å². The van der Waals surface area contributed by atoms with Gasteiger partial charge in [0.2, 0.25) is 0 Å². The lowest BCUT2D eigenvalue weighted by Crippen LogP contribution is -2.65. The standard InChI is InChI=1S/C15H26N2/c1-14-7-12-6-13(8-14)10-15(9-12,11-14)17-4-2-16-3-5-17/h12-13,16H,2-11H2,1H3. The molecule has 4 saturated carbocycles. The highest BCUT2D eigenvalue weighted by molar-refractivity contribution is 5.11. The number of nitrogens with one attached hydrogen (secondary N) is 1. The van der Waals surface area contributed by atoms with Crippen LogP contribution in [0.1, 0.15) is 45.4 Å². The Hall–Kier alpha value is -0.0800. The predicted molar refractivity (Wildman–Crippen MR) is 70.0 cm³/mol. The van der Waals surface area contributed by atoms with Crippen LogP contribution in [0, 0.1) is 17.3 Å². The smallest absolute Gasteiger partial charge is 0.0221 e. The van der Waals surface area contributed by atoms with Gasteiger partial charge in [-0.3, -0.25) is 4.90 Å². The van der Waals surface area contributed by atoms with Crippen LogP contribution in [0.4, 0.5) is 0 Å². The average molecular weight is 234 g/mol. The molecule has 17 heavy (non-hydrogen) atoms. The summed E-state index contributed by atoms with van der Waals surface area (Å²) in [6.07, 6.45) is 9.20. The molecule has 5 rings (SSSR count). The minimum Gasteiger partial charge on any atom is -0.314 e. The largest absolute Gasteiger partial charge is 0.314 e. The molecule has 1 aliphatic heterocycles. The summed E-state index contributed by atoms with van der Waals surface area (Å²) in [5.41, 5.74) is 1.33. The van der Waals surface area contributed by atoms with Gasteiger partial charge < -0.3 is 5.32 Å². The molecule has 0 amide bonds. The van der Waals surface area contributed by atoms with Gasteiger partial charge in [0.15, 0.2) is 0 Å². The Bertz CT molecular complexity index is 305. The molecule has 2 heteroatoms. The van der Waals surface area contributed by atoms with Gasteiger partial charge in [0.05, 0.1) is 0 Å². The third kappa shape index (κ3) is 1.60. The Morgan fingerprint density at radius 2 is 1.65 bits per heavy atom. The summed E-state index contributed by atoms with van der Waals surface area (Å²) in [5, 5.41) is 3.51. The molecule has 2 atom stereocenters. The van der Waals surface area contributed by atoms with E-state index in [1.807, 2.05) is 0 Å². The first-order valence-corrected chi connectivity index (χ1v) is 7.63. The minimum absolute atomic E-state index is 0.626. The number of nitrogens with zero attached hydrogens (tertiary/aromatic N) is 1. The van der Waals surface area contributed by atoms with Crippen molar-refractivity contribution in [3.8, 4) is 0 Å². The zero-order valence-electron chi connectivity index (χ0n) is 11.2. The third-order valence-electron chi connectivity index (χ3n) is 6.11. The van der Waals surface area contributed by atoms with Crippen LogP contribution in [0.2, 0.25) is 0 Å². The maximum Gasteiger partial charge on any atom is 0.0221 e. The van der Waals surface area contributed by atoms with E-state index in [2.05, 4.69) is 17.1 Å². The van der Waals surface area contributed by atoms with Gasteiger partial charge in [0, 0.05) is 31.7 Å². The Morgan fingerprint density at radius 1 is 1.00 bits per heavy atom. The molecule has 0 aromatic rings. The first-order valence-electron chi connectivity index (χ1n) is 7.63. The summed E-state index contributed by atoms with van der Waals surface area (Å²) >= 11 is 0. The van der Waals surface area contributed by atoms with Crippen molar-refractivity contribution < 1.29 is 0 Å². The molecule has 0 aromatic carbocycles. The van der Waals surface area contributed by atoms with Crippen LogP contribution < -0.4 is 5.32 Å². The fraction of sp³-hybridized carbons (Fsp3) is 1.00. The van der Waals surface area contributed by atoms with Crippen molar-refractivity contribution in [2.75, 3.05) is 26.2 Å². The van der Waals surface area contributed by atoms with Crippen molar-refractivity contribution in [1.82, 2.24) is 10.2 Å². The summed E-state index contributed by atoms with van der Waals surface area (Å²) in [6, 6.07) is 0. The van der Waals surface area contributed by atoms with Gasteiger partial charge in [-0.15, -0.1) is 0 Å². The average Bonchev–Trinajstić information content (AvgIpc) is 2.27. The van der Waals surface area contributed by atoms with Crippen molar-refractivity contribution in [2.24, 2.45) is 17.3 Å². The number of hydrogen-bond donors (Lipinski definition) is 1. The van der Waals surface area contributed by atoms with E-state index in [1.165, 1.54) is 58.3 Å². The molecule has 1 N–H and O–H groups in total. The van der Waals surface area contributed by atoms with Crippen LogP contribution in [0.25, 0.3) is 0 Å². The van der Waals surface area contributed by atoms with Gasteiger partial charge in [0.1, 0.15) is 0 Å². The van der Waals surface area contributed by atoms with Crippen LogP contribution in [-0.4, -0.2) is 36.6 Å². The topological polar surface area (TPSA) is 15.3 Å². The zero-order valence-corrected chi connectivity index (χ0v) is 11.2. The fourth-order valence-corrected chi connectivity index (χ4v) is 6.18. The minimum atomic E-state index is 0.626. The first-order chi connectivity index (χ1) is 8.18. The molecule has 2 unspecified atom stereocenters. The van der Waals surface area contributed by atoms with E-state index in [4.69, 9.17) is 0 Å². The van der Waals surface area contributed by atoms with E-state index < -0.39 is 0 Å². The van der Waals surface area contributed by atoms with Gasteiger partial charge in [-0.2, -0.15) is 0 Å². The predicted octanol–water partition coefficient (Wildman–Crippen LogP) is 2.25. The first kappa shape index (κ1) is 10.8. The van der Waals surface area contributed by atoms with Crippen LogP contribution in [-0.2, 0) is 0 Å². The Morgan fingerprint density at radius 3 is 2.24 bits per heavy atom. The van der Waals surface area contributed by atoms with Crippen LogP contribution in [0.3, 0.4) is 0 Å². The molecule has 5 aliphatic rings. The van der Waals surface area contributed by atoms with Gasteiger partial charge in [-0.25, -0.2) is 0 Å². The number of hydrogen-bond acceptors (Lipinski definition) is 2. The van der Waals surface area contributed by atoms with E-state index in [9.17, 15) is 0 Å². The lowest BCUT2D eigenvalue weighted by atomic mass is 9.47. The third-order valence-corrected chi connectivity index (χ3v) is 6.11. The van der Waals surface area contributed by atoms with Gasteiger partial charge in [-0.1, -0.05) is 6.92 Å². The van der Waals surface area contributed by atoms with Crippen LogP contribution >= 0.6 is 0 Å². The van der Waals surface area contributed by atoms with Crippen molar-refractivity contribution >= 4 is 0 Å². The van der Waals surface area contributed by atoms with Crippen molar-refractivity contribution in [1.29, 1.82) is 0 Å². The number of piperazine rings is 1. The van der Waals surface area contributed by atoms with Gasteiger partial charge >= 0.3 is 0 Å². The molecule has 4 bridgehead atoms. The molecular weight excluding hydrogens is 208 g/mol. The fourth-order valence-electron chi connectivity index (χ4n) is 6.18. The highest BCUT2D eigenvalue weighted by atomic mass is 15.2. The summed E-state index contributed by atoms with van der Waals surface area (Å²) in [6.45, 7) is 7.62. The molecule has 4 aliphatic carbocycles. The van der Waals surface area contributed by atoms with Crippen LogP contribution in [0.15, 0.2) is 0 Å². The van der Waals surface area contributed by atoms with E-state index in [0.29, 0.717) is 11.0 Å². The second-order valence-electron chi connectivity index (χ2n) is 7.73. The normalized spacial score (nSPS) is 54.2. The van der Waals surface area contributed by atoms with E-state index in [1.54, 1.807) is 6.42 Å². The molecule has 0 aromatic heterocycles. The number of rotatable bonds is 1. The lowest BCUT2D eigenvalue weighted by Gasteiger charge is -2.65.